The maximum absolute atomic E-state index is 12.1. The lowest BCUT2D eigenvalue weighted by atomic mass is 10.3. The van der Waals surface area contributed by atoms with E-state index in [1.54, 1.807) is 12.1 Å². The Bertz CT molecular complexity index is 689. The van der Waals surface area contributed by atoms with E-state index in [9.17, 15) is 8.42 Å². The number of nitrogens with zero attached hydrogens (tertiary/aromatic N) is 2. The highest BCUT2D eigenvalue weighted by atomic mass is 35.5. The smallest absolute Gasteiger partial charge is 0.263 e. The van der Waals surface area contributed by atoms with Crippen LogP contribution in [-0.2, 0) is 10.0 Å². The Morgan fingerprint density at radius 2 is 1.95 bits per heavy atom. The summed E-state index contributed by atoms with van der Waals surface area (Å²) in [6, 6.07) is 6.07. The van der Waals surface area contributed by atoms with Gasteiger partial charge in [-0.05, 0) is 31.2 Å². The first-order chi connectivity index (χ1) is 9.51. The van der Waals surface area contributed by atoms with Gasteiger partial charge in [0.25, 0.3) is 10.0 Å². The zero-order chi connectivity index (χ0) is 14.6. The molecular weight excluding hydrogens is 302 g/mol. The van der Waals surface area contributed by atoms with Crippen LogP contribution in [0.4, 0.5) is 5.82 Å². The minimum Gasteiger partial charge on any atom is -0.494 e. The first kappa shape index (κ1) is 14.5. The highest BCUT2D eigenvalue weighted by Gasteiger charge is 2.15. The summed E-state index contributed by atoms with van der Waals surface area (Å²) in [5.41, 5.74) is 0. The first-order valence-electron chi connectivity index (χ1n) is 5.74. The van der Waals surface area contributed by atoms with E-state index < -0.39 is 10.0 Å². The minimum absolute atomic E-state index is 0.0615. The molecule has 0 unspecified atom stereocenters. The summed E-state index contributed by atoms with van der Waals surface area (Å²) in [4.78, 5) is 7.68. The quantitative estimate of drug-likeness (QED) is 0.916. The van der Waals surface area contributed by atoms with Crippen molar-refractivity contribution >= 4 is 27.4 Å². The molecule has 0 spiro atoms. The van der Waals surface area contributed by atoms with E-state index in [0.717, 1.165) is 0 Å². The van der Waals surface area contributed by atoms with Crippen molar-refractivity contribution in [2.45, 2.75) is 11.8 Å². The average Bonchev–Trinajstić information content (AvgIpc) is 2.39. The van der Waals surface area contributed by atoms with Gasteiger partial charge in [-0.25, -0.2) is 13.4 Å². The summed E-state index contributed by atoms with van der Waals surface area (Å²) < 4.78 is 31.8. The predicted octanol–water partition coefficient (Wildman–Crippen LogP) is 2.33. The molecule has 106 valence electrons. The summed E-state index contributed by atoms with van der Waals surface area (Å²) in [5, 5.41) is 0.108. The summed E-state index contributed by atoms with van der Waals surface area (Å²) in [5.74, 6) is 0.667. The van der Waals surface area contributed by atoms with E-state index in [0.29, 0.717) is 12.4 Å². The molecule has 2 aromatic rings. The number of benzene rings is 1. The highest BCUT2D eigenvalue weighted by molar-refractivity contribution is 7.92. The molecule has 0 fully saturated rings. The summed E-state index contributed by atoms with van der Waals surface area (Å²) in [6.07, 6.45) is 2.59. The second-order valence-corrected chi connectivity index (χ2v) is 5.81. The van der Waals surface area contributed by atoms with Crippen molar-refractivity contribution in [3.05, 3.63) is 41.8 Å². The van der Waals surface area contributed by atoms with Crippen LogP contribution < -0.4 is 9.46 Å². The number of nitrogens with one attached hydrogen (secondary N) is 1. The standard InChI is InChI=1S/C12H12ClN3O3S/c1-2-19-9-3-5-10(6-4-9)20(17,18)16-12-8-14-7-11(13)15-12/h3-8H,2H2,1H3,(H,15,16). The zero-order valence-electron chi connectivity index (χ0n) is 10.6. The van der Waals surface area contributed by atoms with Gasteiger partial charge in [-0.2, -0.15) is 0 Å². The molecule has 0 aliphatic rings. The molecule has 1 aromatic carbocycles. The van der Waals surface area contributed by atoms with Crippen molar-refractivity contribution in [1.82, 2.24) is 9.97 Å². The number of rotatable bonds is 5. The van der Waals surface area contributed by atoms with Gasteiger partial charge in [0.15, 0.2) is 5.82 Å². The SMILES string of the molecule is CCOc1ccc(S(=O)(=O)Nc2cncc(Cl)n2)cc1. The Labute approximate surface area is 121 Å². The molecule has 8 heteroatoms. The molecule has 1 aromatic heterocycles. The van der Waals surface area contributed by atoms with E-state index >= 15 is 0 Å². The van der Waals surface area contributed by atoms with Crippen LogP contribution in [0.15, 0.2) is 41.6 Å². The van der Waals surface area contributed by atoms with E-state index in [1.165, 1.54) is 24.5 Å². The maximum Gasteiger partial charge on any atom is 0.263 e. The Hall–Kier alpha value is -1.86. The number of anilines is 1. The lowest BCUT2D eigenvalue weighted by Gasteiger charge is -2.08. The normalized spacial score (nSPS) is 11.1. The van der Waals surface area contributed by atoms with Gasteiger partial charge in [-0.15, -0.1) is 0 Å². The fourth-order valence-electron chi connectivity index (χ4n) is 1.47. The zero-order valence-corrected chi connectivity index (χ0v) is 12.1. The van der Waals surface area contributed by atoms with Crippen molar-refractivity contribution in [1.29, 1.82) is 0 Å². The monoisotopic (exact) mass is 313 g/mol. The molecule has 0 aliphatic carbocycles. The third-order valence-electron chi connectivity index (χ3n) is 2.29. The van der Waals surface area contributed by atoms with Gasteiger partial charge in [0.05, 0.1) is 23.9 Å². The number of sulfonamides is 1. The lowest BCUT2D eigenvalue weighted by Crippen LogP contribution is -2.14. The third-order valence-corrected chi connectivity index (χ3v) is 3.84. The van der Waals surface area contributed by atoms with Crippen LogP contribution in [0.2, 0.25) is 5.15 Å². The Balaban J connectivity index is 2.21. The molecule has 0 amide bonds. The Kier molecular flexibility index (Phi) is 4.41. The summed E-state index contributed by atoms with van der Waals surface area (Å²) in [6.45, 7) is 2.37. The van der Waals surface area contributed by atoms with Crippen LogP contribution in [0.25, 0.3) is 0 Å². The molecule has 0 aliphatic heterocycles. The van der Waals surface area contributed by atoms with E-state index in [-0.39, 0.29) is 15.9 Å². The maximum atomic E-state index is 12.1. The van der Waals surface area contributed by atoms with E-state index in [4.69, 9.17) is 16.3 Å². The van der Waals surface area contributed by atoms with Crippen molar-refractivity contribution in [2.24, 2.45) is 0 Å². The Morgan fingerprint density at radius 1 is 1.25 bits per heavy atom. The Morgan fingerprint density at radius 3 is 2.55 bits per heavy atom. The van der Waals surface area contributed by atoms with Gasteiger partial charge < -0.3 is 4.74 Å². The van der Waals surface area contributed by atoms with Crippen LogP contribution >= 0.6 is 11.6 Å². The second kappa shape index (κ2) is 6.06. The fraction of sp³-hybridized carbons (Fsp3) is 0.167. The van der Waals surface area contributed by atoms with Gasteiger partial charge in [-0.3, -0.25) is 9.71 Å². The molecule has 0 radical (unpaired) electrons. The van der Waals surface area contributed by atoms with Crippen LogP contribution in [0.5, 0.6) is 5.75 Å². The molecule has 0 saturated carbocycles. The number of aromatic nitrogens is 2. The number of halogens is 1. The molecule has 20 heavy (non-hydrogen) atoms. The number of hydrogen-bond donors (Lipinski definition) is 1. The number of ether oxygens (including phenoxy) is 1. The minimum atomic E-state index is -3.73. The van der Waals surface area contributed by atoms with E-state index in [1.807, 2.05) is 6.92 Å². The molecule has 6 nitrogen and oxygen atoms in total. The van der Waals surface area contributed by atoms with Crippen LogP contribution in [-0.4, -0.2) is 25.0 Å². The largest absolute Gasteiger partial charge is 0.494 e. The molecule has 2 rings (SSSR count). The molecular formula is C12H12ClN3O3S. The van der Waals surface area contributed by atoms with Crippen LogP contribution in [0.1, 0.15) is 6.92 Å². The fourth-order valence-corrected chi connectivity index (χ4v) is 2.60. The van der Waals surface area contributed by atoms with Crippen molar-refractivity contribution in [3.63, 3.8) is 0 Å². The van der Waals surface area contributed by atoms with Gasteiger partial charge in [0.2, 0.25) is 0 Å². The molecule has 0 atom stereocenters. The van der Waals surface area contributed by atoms with Crippen molar-refractivity contribution in [3.8, 4) is 5.75 Å². The summed E-state index contributed by atoms with van der Waals surface area (Å²) >= 11 is 5.65. The second-order valence-electron chi connectivity index (χ2n) is 3.74. The van der Waals surface area contributed by atoms with Gasteiger partial charge >= 0.3 is 0 Å². The topological polar surface area (TPSA) is 81.2 Å². The number of hydrogen-bond acceptors (Lipinski definition) is 5. The van der Waals surface area contributed by atoms with Gasteiger partial charge in [0, 0.05) is 0 Å². The van der Waals surface area contributed by atoms with Crippen LogP contribution in [0, 0.1) is 0 Å². The van der Waals surface area contributed by atoms with Gasteiger partial charge in [-0.1, -0.05) is 11.6 Å². The van der Waals surface area contributed by atoms with Crippen molar-refractivity contribution < 1.29 is 13.2 Å². The summed E-state index contributed by atoms with van der Waals surface area (Å²) in [7, 11) is -3.73. The van der Waals surface area contributed by atoms with E-state index in [2.05, 4.69) is 14.7 Å². The highest BCUT2D eigenvalue weighted by Crippen LogP contribution is 2.18. The average molecular weight is 314 g/mol. The molecule has 0 bridgehead atoms. The van der Waals surface area contributed by atoms with Gasteiger partial charge in [0.1, 0.15) is 10.9 Å². The molecule has 1 heterocycles. The predicted molar refractivity (Wildman–Crippen MR) is 75.5 cm³/mol. The third kappa shape index (κ3) is 3.58. The van der Waals surface area contributed by atoms with Crippen molar-refractivity contribution in [2.75, 3.05) is 11.3 Å². The first-order valence-corrected chi connectivity index (χ1v) is 7.60. The molecule has 0 saturated heterocycles. The van der Waals surface area contributed by atoms with Crippen LogP contribution in [0.3, 0.4) is 0 Å². The lowest BCUT2D eigenvalue weighted by molar-refractivity contribution is 0.340. The molecule has 1 N–H and O–H groups in total.